The monoisotopic (exact) mass is 356 g/mol. The van der Waals surface area contributed by atoms with E-state index in [0.717, 1.165) is 11.1 Å². The van der Waals surface area contributed by atoms with Crippen LogP contribution in [0.25, 0.3) is 0 Å². The van der Waals surface area contributed by atoms with E-state index in [2.05, 4.69) is 15.6 Å². The molecule has 7 nitrogen and oxygen atoms in total. The molecular formula is C19H20N2O5. The van der Waals surface area contributed by atoms with Crippen LogP contribution in [0, 0.1) is 13.8 Å². The number of benzene rings is 2. The van der Waals surface area contributed by atoms with Gasteiger partial charge < -0.3 is 9.47 Å². The van der Waals surface area contributed by atoms with Gasteiger partial charge in [0.05, 0.1) is 12.7 Å². The maximum Gasteiger partial charge on any atom is 0.337 e. The Hall–Kier alpha value is -3.35. The summed E-state index contributed by atoms with van der Waals surface area (Å²) >= 11 is 0. The fourth-order valence-electron chi connectivity index (χ4n) is 2.16. The molecule has 2 aromatic rings. The third-order valence-corrected chi connectivity index (χ3v) is 3.78. The average molecular weight is 356 g/mol. The predicted molar refractivity (Wildman–Crippen MR) is 94.8 cm³/mol. The molecule has 0 heterocycles. The Morgan fingerprint density at radius 2 is 1.65 bits per heavy atom. The lowest BCUT2D eigenvalue weighted by molar-refractivity contribution is -0.123. The maximum absolute atomic E-state index is 12.1. The summed E-state index contributed by atoms with van der Waals surface area (Å²) in [5, 5.41) is 0. The van der Waals surface area contributed by atoms with Crippen LogP contribution in [0.4, 0.5) is 0 Å². The SMILES string of the molecule is COC(=O)c1cccc(C(=O)NNC(=O)COc2cccc(C)c2C)c1. The van der Waals surface area contributed by atoms with E-state index in [1.807, 2.05) is 26.0 Å². The highest BCUT2D eigenvalue weighted by atomic mass is 16.5. The van der Waals surface area contributed by atoms with Gasteiger partial charge in [-0.1, -0.05) is 18.2 Å². The molecule has 2 aromatic carbocycles. The van der Waals surface area contributed by atoms with Gasteiger partial charge in [-0.05, 0) is 49.2 Å². The molecule has 0 aromatic heterocycles. The molecule has 0 spiro atoms. The summed E-state index contributed by atoms with van der Waals surface area (Å²) in [4.78, 5) is 35.4. The van der Waals surface area contributed by atoms with Crippen molar-refractivity contribution < 1.29 is 23.9 Å². The standard InChI is InChI=1S/C19H20N2O5/c1-12-6-4-9-16(13(12)2)26-11-17(22)20-21-18(23)14-7-5-8-15(10-14)19(24)25-3/h4-10H,11H2,1-3H3,(H,20,22)(H,21,23). The highest BCUT2D eigenvalue weighted by molar-refractivity contribution is 5.98. The first kappa shape index (κ1) is 19.0. The highest BCUT2D eigenvalue weighted by Gasteiger charge is 2.12. The van der Waals surface area contributed by atoms with Crippen molar-refractivity contribution in [2.45, 2.75) is 13.8 Å². The Bertz CT molecular complexity index is 832. The molecule has 0 bridgehead atoms. The molecule has 0 saturated carbocycles. The summed E-state index contributed by atoms with van der Waals surface area (Å²) in [6.45, 7) is 3.61. The van der Waals surface area contributed by atoms with Gasteiger partial charge in [0.1, 0.15) is 5.75 Å². The van der Waals surface area contributed by atoms with E-state index in [1.54, 1.807) is 12.1 Å². The van der Waals surface area contributed by atoms with Crippen LogP contribution in [0.2, 0.25) is 0 Å². The van der Waals surface area contributed by atoms with Crippen molar-refractivity contribution in [3.8, 4) is 5.75 Å². The summed E-state index contributed by atoms with van der Waals surface area (Å²) in [6, 6.07) is 11.5. The molecule has 2 rings (SSSR count). The first-order valence-electron chi connectivity index (χ1n) is 7.89. The van der Waals surface area contributed by atoms with Gasteiger partial charge in [0.25, 0.3) is 11.8 Å². The van der Waals surface area contributed by atoms with Crippen LogP contribution in [0.5, 0.6) is 5.75 Å². The van der Waals surface area contributed by atoms with E-state index in [9.17, 15) is 14.4 Å². The summed E-state index contributed by atoms with van der Waals surface area (Å²) in [5.74, 6) is -1.01. The van der Waals surface area contributed by atoms with Crippen LogP contribution in [0.1, 0.15) is 31.8 Å². The van der Waals surface area contributed by atoms with E-state index in [4.69, 9.17) is 4.74 Å². The molecule has 0 atom stereocenters. The lowest BCUT2D eigenvalue weighted by Crippen LogP contribution is -2.43. The first-order valence-corrected chi connectivity index (χ1v) is 7.89. The predicted octanol–water partition coefficient (Wildman–Crippen LogP) is 1.93. The number of hydrogen-bond donors (Lipinski definition) is 2. The number of carbonyl (C=O) groups excluding carboxylic acids is 3. The fourth-order valence-corrected chi connectivity index (χ4v) is 2.16. The van der Waals surface area contributed by atoms with Gasteiger partial charge in [0.15, 0.2) is 6.61 Å². The van der Waals surface area contributed by atoms with Gasteiger partial charge in [0, 0.05) is 5.56 Å². The van der Waals surface area contributed by atoms with Gasteiger partial charge in [0.2, 0.25) is 0 Å². The quantitative estimate of drug-likeness (QED) is 0.631. The van der Waals surface area contributed by atoms with Crippen molar-refractivity contribution in [3.63, 3.8) is 0 Å². The Labute approximate surface area is 151 Å². The molecular weight excluding hydrogens is 336 g/mol. The number of amides is 2. The van der Waals surface area contributed by atoms with E-state index in [0.29, 0.717) is 5.75 Å². The van der Waals surface area contributed by atoms with E-state index in [1.165, 1.54) is 25.3 Å². The molecule has 2 N–H and O–H groups in total. The maximum atomic E-state index is 12.1. The Kier molecular flexibility index (Phi) is 6.32. The zero-order chi connectivity index (χ0) is 19.1. The third-order valence-electron chi connectivity index (χ3n) is 3.78. The van der Waals surface area contributed by atoms with Crippen LogP contribution in [-0.2, 0) is 9.53 Å². The van der Waals surface area contributed by atoms with Crippen LogP contribution in [0.3, 0.4) is 0 Å². The van der Waals surface area contributed by atoms with Crippen LogP contribution < -0.4 is 15.6 Å². The van der Waals surface area contributed by atoms with Gasteiger partial charge in [-0.2, -0.15) is 0 Å². The van der Waals surface area contributed by atoms with Crippen LogP contribution in [-0.4, -0.2) is 31.5 Å². The summed E-state index contributed by atoms with van der Waals surface area (Å²) in [7, 11) is 1.26. The number of hydrogen-bond acceptors (Lipinski definition) is 5. The summed E-state index contributed by atoms with van der Waals surface area (Å²) in [5.41, 5.74) is 7.00. The number of ether oxygens (including phenoxy) is 2. The second-order valence-electron chi connectivity index (χ2n) is 5.56. The first-order chi connectivity index (χ1) is 12.4. The number of nitrogens with one attached hydrogen (secondary N) is 2. The summed E-state index contributed by atoms with van der Waals surface area (Å²) in [6.07, 6.45) is 0. The molecule has 2 amide bonds. The lowest BCUT2D eigenvalue weighted by Gasteiger charge is -2.11. The largest absolute Gasteiger partial charge is 0.483 e. The van der Waals surface area contributed by atoms with Gasteiger partial charge >= 0.3 is 5.97 Å². The number of methoxy groups -OCH3 is 1. The number of aryl methyl sites for hydroxylation is 1. The van der Waals surface area contributed by atoms with Crippen molar-refractivity contribution in [3.05, 3.63) is 64.7 Å². The average Bonchev–Trinajstić information content (AvgIpc) is 2.66. The van der Waals surface area contributed by atoms with Crippen molar-refractivity contribution in [2.75, 3.05) is 13.7 Å². The minimum atomic E-state index is -0.559. The Morgan fingerprint density at radius 1 is 0.962 bits per heavy atom. The number of esters is 1. The molecule has 0 aliphatic carbocycles. The normalized spacial score (nSPS) is 9.96. The molecule has 0 fully saturated rings. The molecule has 0 aliphatic heterocycles. The zero-order valence-electron chi connectivity index (χ0n) is 14.8. The number of rotatable bonds is 5. The molecule has 7 heteroatoms. The van der Waals surface area contributed by atoms with E-state index < -0.39 is 17.8 Å². The smallest absolute Gasteiger partial charge is 0.337 e. The van der Waals surface area contributed by atoms with Crippen molar-refractivity contribution in [2.24, 2.45) is 0 Å². The van der Waals surface area contributed by atoms with Crippen molar-refractivity contribution >= 4 is 17.8 Å². The lowest BCUT2D eigenvalue weighted by atomic mass is 10.1. The zero-order valence-corrected chi connectivity index (χ0v) is 14.8. The van der Waals surface area contributed by atoms with Crippen LogP contribution in [0.15, 0.2) is 42.5 Å². The minimum absolute atomic E-state index is 0.212. The molecule has 0 unspecified atom stereocenters. The second kappa shape index (κ2) is 8.66. The Morgan fingerprint density at radius 3 is 2.38 bits per heavy atom. The molecule has 0 saturated heterocycles. The minimum Gasteiger partial charge on any atom is -0.483 e. The molecule has 26 heavy (non-hydrogen) atoms. The van der Waals surface area contributed by atoms with Crippen molar-refractivity contribution in [1.29, 1.82) is 0 Å². The number of hydrazine groups is 1. The van der Waals surface area contributed by atoms with E-state index in [-0.39, 0.29) is 17.7 Å². The van der Waals surface area contributed by atoms with Gasteiger partial charge in [-0.15, -0.1) is 0 Å². The van der Waals surface area contributed by atoms with Gasteiger partial charge in [-0.25, -0.2) is 4.79 Å². The van der Waals surface area contributed by atoms with E-state index >= 15 is 0 Å². The van der Waals surface area contributed by atoms with Crippen molar-refractivity contribution in [1.82, 2.24) is 10.9 Å². The highest BCUT2D eigenvalue weighted by Crippen LogP contribution is 2.20. The molecule has 0 aliphatic rings. The van der Waals surface area contributed by atoms with Crippen LogP contribution >= 0.6 is 0 Å². The fraction of sp³-hybridized carbons (Fsp3) is 0.211. The third kappa shape index (κ3) is 4.83. The topological polar surface area (TPSA) is 93.7 Å². The second-order valence-corrected chi connectivity index (χ2v) is 5.56. The number of carbonyl (C=O) groups is 3. The molecule has 0 radical (unpaired) electrons. The summed E-state index contributed by atoms with van der Waals surface area (Å²) < 4.78 is 10.1. The molecule has 136 valence electrons. The van der Waals surface area contributed by atoms with Gasteiger partial charge in [-0.3, -0.25) is 20.4 Å². The Balaban J connectivity index is 1.88.